The molecule has 1 aliphatic heterocycles. The Kier molecular flexibility index (Phi) is 2.67. The molecular weight excluding hydrogens is 192 g/mol. The molecule has 0 spiro atoms. The average Bonchev–Trinajstić information content (AvgIpc) is 2.30. The van der Waals surface area contributed by atoms with Crippen molar-refractivity contribution >= 4 is 11.5 Å². The number of Topliss-reactive ketones (excluding diaryl/α,β-unsaturated/α-hetero) is 1. The maximum atomic E-state index is 11.8. The Hall–Kier alpha value is -1.84. The number of carbonyl (C=O) groups is 1. The van der Waals surface area contributed by atoms with Gasteiger partial charge >= 0.3 is 0 Å². The van der Waals surface area contributed by atoms with Gasteiger partial charge in [0.2, 0.25) is 5.78 Å². The molecule has 4 heteroatoms. The van der Waals surface area contributed by atoms with Crippen LogP contribution in [0.5, 0.6) is 0 Å². The molecule has 0 saturated carbocycles. The van der Waals surface area contributed by atoms with Crippen molar-refractivity contribution in [2.45, 2.75) is 12.8 Å². The Morgan fingerprint density at radius 1 is 1.47 bits per heavy atom. The van der Waals surface area contributed by atoms with E-state index in [2.05, 4.69) is 4.98 Å². The fourth-order valence-electron chi connectivity index (χ4n) is 1.38. The largest absolute Gasteiger partial charge is 0.490 e. The van der Waals surface area contributed by atoms with Crippen molar-refractivity contribution in [1.29, 1.82) is 0 Å². The zero-order valence-electron chi connectivity index (χ0n) is 8.27. The van der Waals surface area contributed by atoms with Crippen LogP contribution in [-0.2, 0) is 4.74 Å². The number of nitrogens with two attached hydrogens (primary N) is 1. The van der Waals surface area contributed by atoms with Crippen LogP contribution in [0.3, 0.4) is 0 Å². The van der Waals surface area contributed by atoms with Crippen molar-refractivity contribution in [2.24, 2.45) is 0 Å². The van der Waals surface area contributed by atoms with Gasteiger partial charge in [-0.05, 0) is 31.1 Å². The molecule has 78 valence electrons. The Bertz CT molecular complexity index is 396. The van der Waals surface area contributed by atoms with Crippen molar-refractivity contribution in [1.82, 2.24) is 4.98 Å². The van der Waals surface area contributed by atoms with Gasteiger partial charge in [-0.1, -0.05) is 0 Å². The van der Waals surface area contributed by atoms with Gasteiger partial charge in [0.25, 0.3) is 0 Å². The lowest BCUT2D eigenvalue weighted by Crippen LogP contribution is -2.12. The number of nitrogens with zero attached hydrogens (tertiary/aromatic N) is 1. The summed E-state index contributed by atoms with van der Waals surface area (Å²) in [6, 6.07) is 3.26. The second-order valence-electron chi connectivity index (χ2n) is 3.36. The maximum Gasteiger partial charge on any atom is 0.245 e. The molecule has 1 aliphatic rings. The number of nitrogen functional groups attached to an aromatic ring is 1. The Labute approximate surface area is 87.8 Å². The van der Waals surface area contributed by atoms with Gasteiger partial charge in [0.05, 0.1) is 18.5 Å². The maximum absolute atomic E-state index is 11.8. The molecule has 2 heterocycles. The van der Waals surface area contributed by atoms with Crippen molar-refractivity contribution in [3.63, 3.8) is 0 Å². The van der Waals surface area contributed by atoms with Crippen LogP contribution >= 0.6 is 0 Å². The fourth-order valence-corrected chi connectivity index (χ4v) is 1.38. The summed E-state index contributed by atoms with van der Waals surface area (Å²) in [4.78, 5) is 15.8. The van der Waals surface area contributed by atoms with E-state index in [1.54, 1.807) is 12.1 Å². The smallest absolute Gasteiger partial charge is 0.245 e. The second kappa shape index (κ2) is 4.13. The number of pyridine rings is 1. The Morgan fingerprint density at radius 2 is 2.33 bits per heavy atom. The summed E-state index contributed by atoms with van der Waals surface area (Å²) in [6.45, 7) is 0.604. The third kappa shape index (κ3) is 2.15. The molecule has 0 unspecified atom stereocenters. The summed E-state index contributed by atoms with van der Waals surface area (Å²) in [6.07, 6.45) is 5.13. The highest BCUT2D eigenvalue weighted by Crippen LogP contribution is 2.14. The van der Waals surface area contributed by atoms with Gasteiger partial charge in [-0.15, -0.1) is 0 Å². The van der Waals surface area contributed by atoms with Gasteiger partial charge in [0, 0.05) is 0 Å². The quantitative estimate of drug-likeness (QED) is 0.742. The van der Waals surface area contributed by atoms with E-state index in [1.807, 2.05) is 6.08 Å². The molecule has 0 amide bonds. The molecule has 2 N–H and O–H groups in total. The molecule has 0 aromatic carbocycles. The zero-order valence-corrected chi connectivity index (χ0v) is 8.27. The highest BCUT2D eigenvalue weighted by Gasteiger charge is 2.16. The summed E-state index contributed by atoms with van der Waals surface area (Å²) in [5, 5.41) is 0. The highest BCUT2D eigenvalue weighted by atomic mass is 16.5. The monoisotopic (exact) mass is 204 g/mol. The minimum absolute atomic E-state index is 0.172. The van der Waals surface area contributed by atoms with Crippen LogP contribution in [-0.4, -0.2) is 17.4 Å². The van der Waals surface area contributed by atoms with Crippen LogP contribution in [0.15, 0.2) is 30.2 Å². The van der Waals surface area contributed by atoms with Crippen molar-refractivity contribution in [2.75, 3.05) is 12.3 Å². The standard InChI is InChI=1S/C11H12N2O2/c12-8-4-5-9(13-7-8)11(14)10-3-1-2-6-15-10/h3-5,7H,1-2,6,12H2. The zero-order chi connectivity index (χ0) is 10.7. The van der Waals surface area contributed by atoms with E-state index in [0.717, 1.165) is 12.8 Å². The van der Waals surface area contributed by atoms with Gasteiger partial charge < -0.3 is 10.5 Å². The number of hydrogen-bond donors (Lipinski definition) is 1. The number of hydrogen-bond acceptors (Lipinski definition) is 4. The van der Waals surface area contributed by atoms with Crippen LogP contribution in [0.1, 0.15) is 23.3 Å². The Morgan fingerprint density at radius 3 is 2.93 bits per heavy atom. The average molecular weight is 204 g/mol. The predicted molar refractivity (Wildman–Crippen MR) is 56.2 cm³/mol. The van der Waals surface area contributed by atoms with E-state index < -0.39 is 0 Å². The third-order valence-electron chi connectivity index (χ3n) is 2.18. The summed E-state index contributed by atoms with van der Waals surface area (Å²) < 4.78 is 5.26. The summed E-state index contributed by atoms with van der Waals surface area (Å²) in [7, 11) is 0. The number of carbonyl (C=O) groups excluding carboxylic acids is 1. The van der Waals surface area contributed by atoms with Crippen LogP contribution in [0.2, 0.25) is 0 Å². The number of allylic oxidation sites excluding steroid dienone is 2. The van der Waals surface area contributed by atoms with Crippen LogP contribution in [0, 0.1) is 0 Å². The van der Waals surface area contributed by atoms with Gasteiger partial charge in [0.15, 0.2) is 5.76 Å². The van der Waals surface area contributed by atoms with Crippen molar-refractivity contribution in [3.05, 3.63) is 35.9 Å². The summed E-state index contributed by atoms with van der Waals surface area (Å²) in [5.74, 6) is 0.230. The van der Waals surface area contributed by atoms with Gasteiger partial charge in [-0.3, -0.25) is 9.78 Å². The van der Waals surface area contributed by atoms with E-state index in [1.165, 1.54) is 6.20 Å². The lowest BCUT2D eigenvalue weighted by atomic mass is 10.1. The summed E-state index contributed by atoms with van der Waals surface area (Å²) >= 11 is 0. The molecule has 0 radical (unpaired) electrons. The molecule has 1 aromatic heterocycles. The lowest BCUT2D eigenvalue weighted by Gasteiger charge is -2.13. The predicted octanol–water partition coefficient (Wildman–Crippen LogP) is 1.54. The molecule has 4 nitrogen and oxygen atoms in total. The van der Waals surface area contributed by atoms with Crippen LogP contribution in [0.25, 0.3) is 0 Å². The molecule has 0 saturated heterocycles. The van der Waals surface area contributed by atoms with Gasteiger partial charge in [-0.2, -0.15) is 0 Å². The number of ether oxygens (including phenoxy) is 1. The minimum atomic E-state index is -0.172. The van der Waals surface area contributed by atoms with Gasteiger partial charge in [0.1, 0.15) is 5.69 Å². The topological polar surface area (TPSA) is 65.2 Å². The van der Waals surface area contributed by atoms with Crippen LogP contribution in [0.4, 0.5) is 5.69 Å². The molecule has 1 aromatic rings. The number of ketones is 1. The van der Waals surface area contributed by atoms with Crippen molar-refractivity contribution < 1.29 is 9.53 Å². The molecule has 0 bridgehead atoms. The minimum Gasteiger partial charge on any atom is -0.490 e. The first-order valence-corrected chi connectivity index (χ1v) is 4.86. The normalized spacial score (nSPS) is 15.3. The first-order chi connectivity index (χ1) is 7.27. The van der Waals surface area contributed by atoms with Crippen LogP contribution < -0.4 is 5.73 Å². The van der Waals surface area contributed by atoms with E-state index in [9.17, 15) is 4.79 Å². The number of rotatable bonds is 2. The summed E-state index contributed by atoms with van der Waals surface area (Å²) in [5.41, 5.74) is 6.40. The first kappa shape index (κ1) is 9.71. The molecule has 0 aliphatic carbocycles. The SMILES string of the molecule is Nc1ccc(C(=O)C2=CCCCO2)nc1. The van der Waals surface area contributed by atoms with E-state index >= 15 is 0 Å². The highest BCUT2D eigenvalue weighted by molar-refractivity contribution is 6.06. The first-order valence-electron chi connectivity index (χ1n) is 4.86. The number of anilines is 1. The molecular formula is C11H12N2O2. The molecule has 0 atom stereocenters. The van der Waals surface area contributed by atoms with Gasteiger partial charge in [-0.25, -0.2) is 0 Å². The van der Waals surface area contributed by atoms with E-state index in [-0.39, 0.29) is 5.78 Å². The Balaban J connectivity index is 2.20. The lowest BCUT2D eigenvalue weighted by molar-refractivity contribution is 0.0894. The van der Waals surface area contributed by atoms with E-state index in [0.29, 0.717) is 23.7 Å². The second-order valence-corrected chi connectivity index (χ2v) is 3.36. The number of aromatic nitrogens is 1. The molecule has 0 fully saturated rings. The van der Waals surface area contributed by atoms with E-state index in [4.69, 9.17) is 10.5 Å². The van der Waals surface area contributed by atoms with Crippen molar-refractivity contribution in [3.8, 4) is 0 Å². The third-order valence-corrected chi connectivity index (χ3v) is 2.18. The molecule has 15 heavy (non-hydrogen) atoms. The molecule has 2 rings (SSSR count). The fraction of sp³-hybridized carbons (Fsp3) is 0.273.